The van der Waals surface area contributed by atoms with Gasteiger partial charge >= 0.3 is 11.9 Å². The lowest BCUT2D eigenvalue weighted by Crippen LogP contribution is -2.17. The number of anilines is 1. The number of rotatable bonds is 8. The molecule has 0 aliphatic carbocycles. The number of nitrogens with zero attached hydrogens (tertiary/aromatic N) is 1. The van der Waals surface area contributed by atoms with Crippen molar-refractivity contribution in [1.29, 1.82) is 5.26 Å². The Labute approximate surface area is 189 Å². The van der Waals surface area contributed by atoms with Crippen molar-refractivity contribution in [2.24, 2.45) is 0 Å². The van der Waals surface area contributed by atoms with Gasteiger partial charge in [-0.15, -0.1) is 11.3 Å². The van der Waals surface area contributed by atoms with Crippen LogP contribution < -0.4 is 19.5 Å². The fourth-order valence-corrected chi connectivity index (χ4v) is 3.33. The number of carbonyl (C=O) groups excluding carboxylic acids is 3. The fourth-order valence-electron chi connectivity index (χ4n) is 2.56. The molecule has 1 heterocycles. The van der Waals surface area contributed by atoms with Gasteiger partial charge < -0.3 is 24.3 Å². The summed E-state index contributed by atoms with van der Waals surface area (Å²) in [4.78, 5) is 36.2. The summed E-state index contributed by atoms with van der Waals surface area (Å²) in [5.41, 5.74) is 0.362. The number of hydrogen-bond acceptors (Lipinski definition) is 9. The molecule has 0 spiro atoms. The van der Waals surface area contributed by atoms with Gasteiger partial charge in [0.15, 0.2) is 11.5 Å². The van der Waals surface area contributed by atoms with E-state index in [2.05, 4.69) is 5.32 Å². The van der Waals surface area contributed by atoms with Crippen molar-refractivity contribution < 1.29 is 33.3 Å². The van der Waals surface area contributed by atoms with E-state index in [4.69, 9.17) is 18.9 Å². The summed E-state index contributed by atoms with van der Waals surface area (Å²) >= 11 is 1.13. The van der Waals surface area contributed by atoms with Gasteiger partial charge in [0.25, 0.3) is 5.91 Å². The molecule has 0 radical (unpaired) electrons. The molecular weight excluding hydrogens is 436 g/mol. The lowest BCUT2D eigenvalue weighted by atomic mass is 10.1. The largest absolute Gasteiger partial charge is 0.493 e. The summed E-state index contributed by atoms with van der Waals surface area (Å²) in [6.07, 6.45) is 0.998. The van der Waals surface area contributed by atoms with Crippen molar-refractivity contribution in [3.8, 4) is 23.3 Å². The molecule has 0 fully saturated rings. The van der Waals surface area contributed by atoms with Gasteiger partial charge in [0, 0.05) is 6.92 Å². The third-order valence-electron chi connectivity index (χ3n) is 3.86. The molecule has 0 bridgehead atoms. The molecule has 0 saturated carbocycles. The average Bonchev–Trinajstić information content (AvgIpc) is 3.19. The Morgan fingerprint density at radius 2 is 1.78 bits per heavy atom. The Morgan fingerprint density at radius 3 is 2.28 bits per heavy atom. The average molecular weight is 458 g/mol. The highest BCUT2D eigenvalue weighted by Crippen LogP contribution is 2.39. The number of methoxy groups -OCH3 is 2. The van der Waals surface area contributed by atoms with E-state index in [0.717, 1.165) is 11.3 Å². The van der Waals surface area contributed by atoms with Crippen molar-refractivity contribution in [3.63, 3.8) is 0 Å². The lowest BCUT2D eigenvalue weighted by molar-refractivity contribution is -0.132. The van der Waals surface area contributed by atoms with Crippen LogP contribution in [0.4, 0.5) is 5.00 Å². The molecule has 0 aliphatic heterocycles. The second-order valence-corrected chi connectivity index (χ2v) is 7.51. The predicted octanol–water partition coefficient (Wildman–Crippen LogP) is 3.80. The highest BCUT2D eigenvalue weighted by molar-refractivity contribution is 7.14. The zero-order valence-electron chi connectivity index (χ0n) is 18.2. The van der Waals surface area contributed by atoms with Crippen LogP contribution in [0.1, 0.15) is 36.7 Å². The number of thiophene rings is 1. The zero-order valence-corrected chi connectivity index (χ0v) is 19.0. The van der Waals surface area contributed by atoms with Crippen LogP contribution in [0, 0.1) is 11.3 Å². The van der Waals surface area contributed by atoms with E-state index < -0.39 is 17.8 Å². The van der Waals surface area contributed by atoms with Gasteiger partial charge in [-0.2, -0.15) is 5.26 Å². The van der Waals surface area contributed by atoms with E-state index in [-0.39, 0.29) is 39.5 Å². The van der Waals surface area contributed by atoms with Crippen molar-refractivity contribution in [3.05, 3.63) is 40.3 Å². The molecule has 1 aromatic heterocycles. The first-order chi connectivity index (χ1) is 15.2. The Morgan fingerprint density at radius 1 is 1.16 bits per heavy atom. The molecule has 168 valence electrons. The number of carbonyl (C=O) groups is 3. The lowest BCUT2D eigenvalue weighted by Gasteiger charge is -2.13. The van der Waals surface area contributed by atoms with Crippen LogP contribution in [0.5, 0.6) is 17.2 Å². The van der Waals surface area contributed by atoms with Crippen molar-refractivity contribution in [2.45, 2.75) is 26.9 Å². The van der Waals surface area contributed by atoms with E-state index in [1.54, 1.807) is 19.2 Å². The Kier molecular flexibility index (Phi) is 8.38. The standard InChI is InChI=1S/C22H22N2O7S/c1-12(2)30-22(27)16-6-7-32-21(16)24-20(26)15(11-23)8-14-9-17(28-4)19(31-13(3)25)18(10-14)29-5/h6-10,12H,1-5H3,(H,24,26). The molecular formula is C22H22N2O7S. The SMILES string of the molecule is COc1cc(C=C(C#N)C(=O)Nc2sccc2C(=O)OC(C)C)cc(OC)c1OC(C)=O. The van der Waals surface area contributed by atoms with Gasteiger partial charge in [0.2, 0.25) is 5.75 Å². The van der Waals surface area contributed by atoms with Gasteiger partial charge in [0.05, 0.1) is 25.9 Å². The first kappa shape index (κ1) is 24.4. The van der Waals surface area contributed by atoms with Gasteiger partial charge in [0.1, 0.15) is 16.6 Å². The summed E-state index contributed by atoms with van der Waals surface area (Å²) in [6.45, 7) is 4.67. The Bertz CT molecular complexity index is 1070. The first-order valence-electron chi connectivity index (χ1n) is 9.36. The Hall–Kier alpha value is -3.84. The quantitative estimate of drug-likeness (QED) is 0.274. The molecule has 0 atom stereocenters. The summed E-state index contributed by atoms with van der Waals surface area (Å²) in [5.74, 6) is -1.41. The van der Waals surface area contributed by atoms with Crippen molar-refractivity contribution >= 4 is 40.3 Å². The summed E-state index contributed by atoms with van der Waals surface area (Å²) < 4.78 is 20.8. The molecule has 0 unspecified atom stereocenters. The number of nitrogens with one attached hydrogen (secondary N) is 1. The number of esters is 2. The zero-order chi connectivity index (χ0) is 23.8. The second kappa shape index (κ2) is 11.0. The minimum Gasteiger partial charge on any atom is -0.493 e. The predicted molar refractivity (Wildman–Crippen MR) is 118 cm³/mol. The molecule has 2 rings (SSSR count). The van der Waals surface area contributed by atoms with Crippen molar-refractivity contribution in [1.82, 2.24) is 0 Å². The number of benzene rings is 1. The minimum absolute atomic E-state index is 0.0782. The van der Waals surface area contributed by atoms with Crippen LogP contribution in [0.2, 0.25) is 0 Å². The second-order valence-electron chi connectivity index (χ2n) is 6.59. The van der Waals surface area contributed by atoms with Gasteiger partial charge in [-0.3, -0.25) is 9.59 Å². The number of hydrogen-bond donors (Lipinski definition) is 1. The minimum atomic E-state index is -0.712. The molecule has 1 amide bonds. The molecule has 2 aromatic rings. The van der Waals surface area contributed by atoms with Crippen molar-refractivity contribution in [2.75, 3.05) is 19.5 Å². The summed E-state index contributed by atoms with van der Waals surface area (Å²) in [6, 6.07) is 6.34. The molecule has 0 aliphatic rings. The van der Waals surface area contributed by atoms with Crippen LogP contribution in [-0.2, 0) is 14.3 Å². The van der Waals surface area contributed by atoms with Crippen LogP contribution in [0.25, 0.3) is 6.08 Å². The van der Waals surface area contributed by atoms with Gasteiger partial charge in [-0.05, 0) is 49.1 Å². The number of ether oxygens (including phenoxy) is 4. The summed E-state index contributed by atoms with van der Waals surface area (Å²) in [7, 11) is 2.75. The smallest absolute Gasteiger partial charge is 0.341 e. The number of amides is 1. The van der Waals surface area contributed by atoms with Crippen LogP contribution in [0.3, 0.4) is 0 Å². The van der Waals surface area contributed by atoms with E-state index in [1.165, 1.54) is 45.4 Å². The molecule has 1 aromatic carbocycles. The molecule has 9 nitrogen and oxygen atoms in total. The highest BCUT2D eigenvalue weighted by Gasteiger charge is 2.20. The van der Waals surface area contributed by atoms with E-state index >= 15 is 0 Å². The topological polar surface area (TPSA) is 124 Å². The summed E-state index contributed by atoms with van der Waals surface area (Å²) in [5, 5.41) is 14.0. The molecule has 32 heavy (non-hydrogen) atoms. The molecule has 10 heteroatoms. The monoisotopic (exact) mass is 458 g/mol. The fraction of sp³-hybridized carbons (Fsp3) is 0.273. The first-order valence-corrected chi connectivity index (χ1v) is 10.2. The maximum atomic E-state index is 12.7. The van der Waals surface area contributed by atoms with Gasteiger partial charge in [-0.25, -0.2) is 4.79 Å². The van der Waals surface area contributed by atoms with Gasteiger partial charge in [-0.1, -0.05) is 0 Å². The highest BCUT2D eigenvalue weighted by atomic mass is 32.1. The third-order valence-corrected chi connectivity index (χ3v) is 4.69. The van der Waals surface area contributed by atoms with Crippen LogP contribution in [0.15, 0.2) is 29.2 Å². The maximum absolute atomic E-state index is 12.7. The third kappa shape index (κ3) is 6.09. The maximum Gasteiger partial charge on any atom is 0.341 e. The van der Waals surface area contributed by atoms with Crippen LogP contribution >= 0.6 is 11.3 Å². The number of nitriles is 1. The normalized spacial score (nSPS) is 10.8. The molecule has 0 saturated heterocycles. The van der Waals surface area contributed by atoms with E-state index in [9.17, 15) is 19.6 Å². The van der Waals surface area contributed by atoms with Crippen LogP contribution in [-0.4, -0.2) is 38.2 Å². The molecule has 1 N–H and O–H groups in total. The van der Waals surface area contributed by atoms with E-state index in [1.807, 2.05) is 6.07 Å². The Balaban J connectivity index is 2.35. The van der Waals surface area contributed by atoms with E-state index in [0.29, 0.717) is 5.56 Å².